The molecule has 1 aliphatic rings. The molecular formula is C23H24N2O7. The van der Waals surface area contributed by atoms with Gasteiger partial charge in [0.15, 0.2) is 0 Å². The van der Waals surface area contributed by atoms with E-state index < -0.39 is 24.0 Å². The summed E-state index contributed by atoms with van der Waals surface area (Å²) in [5, 5.41) is 5.14. The number of carbonyl (C=O) groups excluding carboxylic acids is 3. The van der Waals surface area contributed by atoms with Gasteiger partial charge in [0, 0.05) is 11.6 Å². The van der Waals surface area contributed by atoms with Crippen LogP contribution in [-0.2, 0) is 19.1 Å². The lowest BCUT2D eigenvalue weighted by atomic mass is 10.0. The fourth-order valence-electron chi connectivity index (χ4n) is 3.11. The summed E-state index contributed by atoms with van der Waals surface area (Å²) in [7, 11) is 0. The molecule has 1 atom stereocenters. The molecule has 0 bridgehead atoms. The van der Waals surface area contributed by atoms with Crippen molar-refractivity contribution >= 4 is 24.0 Å². The van der Waals surface area contributed by atoms with Crippen molar-refractivity contribution < 1.29 is 33.0 Å². The lowest BCUT2D eigenvalue weighted by molar-refractivity contribution is -0.140. The van der Waals surface area contributed by atoms with Crippen molar-refractivity contribution in [2.75, 3.05) is 19.8 Å². The maximum absolute atomic E-state index is 12.6. The van der Waals surface area contributed by atoms with E-state index in [9.17, 15) is 14.4 Å². The van der Waals surface area contributed by atoms with Crippen LogP contribution < -0.4 is 15.4 Å². The van der Waals surface area contributed by atoms with Gasteiger partial charge >= 0.3 is 18.0 Å². The summed E-state index contributed by atoms with van der Waals surface area (Å²) in [6, 6.07) is 9.07. The normalized spacial score (nSPS) is 15.8. The molecule has 0 aliphatic carbocycles. The van der Waals surface area contributed by atoms with E-state index >= 15 is 0 Å². The van der Waals surface area contributed by atoms with Gasteiger partial charge in [0.25, 0.3) is 0 Å². The fourth-order valence-corrected chi connectivity index (χ4v) is 3.11. The van der Waals surface area contributed by atoms with Gasteiger partial charge in [-0.15, -0.1) is 0 Å². The Morgan fingerprint density at radius 1 is 1.09 bits per heavy atom. The monoisotopic (exact) mass is 440 g/mol. The SMILES string of the molecule is CCOC(=O)C1=C(COC(=O)/C=C/c2ccccc2OCC)NC(=O)NC1c1ccco1. The Kier molecular flexibility index (Phi) is 7.69. The number of esters is 2. The highest BCUT2D eigenvalue weighted by atomic mass is 16.5. The van der Waals surface area contributed by atoms with Crippen molar-refractivity contribution in [1.29, 1.82) is 0 Å². The zero-order chi connectivity index (χ0) is 22.9. The van der Waals surface area contributed by atoms with E-state index in [2.05, 4.69) is 10.6 Å². The smallest absolute Gasteiger partial charge is 0.338 e. The first-order valence-electron chi connectivity index (χ1n) is 10.1. The average molecular weight is 440 g/mol. The molecule has 0 saturated carbocycles. The van der Waals surface area contributed by atoms with Crippen LogP contribution in [0.25, 0.3) is 6.08 Å². The Hall–Kier alpha value is -4.01. The molecule has 9 nitrogen and oxygen atoms in total. The number of hydrogen-bond acceptors (Lipinski definition) is 7. The second-order valence-electron chi connectivity index (χ2n) is 6.57. The third kappa shape index (κ3) is 5.57. The molecule has 2 amide bonds. The molecule has 3 rings (SSSR count). The highest BCUT2D eigenvalue weighted by molar-refractivity contribution is 5.95. The zero-order valence-corrected chi connectivity index (χ0v) is 17.8. The Bertz CT molecular complexity index is 1020. The minimum atomic E-state index is -0.875. The predicted molar refractivity (Wildman–Crippen MR) is 114 cm³/mol. The van der Waals surface area contributed by atoms with Gasteiger partial charge in [-0.05, 0) is 38.1 Å². The molecule has 1 aliphatic heterocycles. The van der Waals surface area contributed by atoms with E-state index in [-0.39, 0.29) is 24.5 Å². The lowest BCUT2D eigenvalue weighted by Gasteiger charge is -2.27. The zero-order valence-electron chi connectivity index (χ0n) is 17.8. The average Bonchev–Trinajstić information content (AvgIpc) is 3.32. The minimum Gasteiger partial charge on any atom is -0.493 e. The second-order valence-corrected chi connectivity index (χ2v) is 6.57. The summed E-state index contributed by atoms with van der Waals surface area (Å²) in [6.45, 7) is 3.82. The number of urea groups is 1. The number of amides is 2. The number of para-hydroxylation sites is 1. The van der Waals surface area contributed by atoms with E-state index in [0.717, 1.165) is 0 Å². The predicted octanol–water partition coefficient (Wildman–Crippen LogP) is 3.11. The molecule has 2 N–H and O–H groups in total. The van der Waals surface area contributed by atoms with Crippen molar-refractivity contribution in [3.05, 3.63) is 71.3 Å². The highest BCUT2D eigenvalue weighted by Gasteiger charge is 2.35. The van der Waals surface area contributed by atoms with Crippen LogP contribution in [0.3, 0.4) is 0 Å². The summed E-state index contributed by atoms with van der Waals surface area (Å²) in [6.07, 6.45) is 4.24. The molecular weight excluding hydrogens is 416 g/mol. The largest absolute Gasteiger partial charge is 0.493 e. The van der Waals surface area contributed by atoms with Crippen molar-refractivity contribution in [3.63, 3.8) is 0 Å². The van der Waals surface area contributed by atoms with Crippen molar-refractivity contribution in [3.8, 4) is 5.75 Å². The van der Waals surface area contributed by atoms with E-state index in [4.69, 9.17) is 18.6 Å². The maximum atomic E-state index is 12.6. The Morgan fingerprint density at radius 2 is 1.91 bits per heavy atom. The van der Waals surface area contributed by atoms with Gasteiger partial charge in [0.05, 0.1) is 30.7 Å². The van der Waals surface area contributed by atoms with Crippen LogP contribution in [0.1, 0.15) is 31.2 Å². The molecule has 0 saturated heterocycles. The van der Waals surface area contributed by atoms with Crippen LogP contribution in [0.4, 0.5) is 4.79 Å². The second kappa shape index (κ2) is 10.9. The van der Waals surface area contributed by atoms with Crippen LogP contribution in [0.2, 0.25) is 0 Å². The van der Waals surface area contributed by atoms with Crippen molar-refractivity contribution in [2.24, 2.45) is 0 Å². The quantitative estimate of drug-likeness (QED) is 0.455. The van der Waals surface area contributed by atoms with Crippen LogP contribution in [0.15, 0.2) is 64.4 Å². The molecule has 0 spiro atoms. The first kappa shape index (κ1) is 22.7. The molecule has 1 unspecified atom stereocenters. The van der Waals surface area contributed by atoms with E-state index in [1.54, 1.807) is 37.3 Å². The Labute approximate surface area is 185 Å². The Balaban J connectivity index is 1.78. The molecule has 168 valence electrons. The van der Waals surface area contributed by atoms with E-state index in [1.807, 2.05) is 19.1 Å². The lowest BCUT2D eigenvalue weighted by Crippen LogP contribution is -2.47. The summed E-state index contributed by atoms with van der Waals surface area (Å²) in [5.41, 5.74) is 0.927. The fraction of sp³-hybridized carbons (Fsp3) is 0.261. The molecule has 2 heterocycles. The van der Waals surface area contributed by atoms with Gasteiger partial charge in [0.1, 0.15) is 24.2 Å². The van der Waals surface area contributed by atoms with Gasteiger partial charge in [-0.3, -0.25) is 0 Å². The highest BCUT2D eigenvalue weighted by Crippen LogP contribution is 2.28. The first-order valence-corrected chi connectivity index (χ1v) is 10.1. The summed E-state index contributed by atoms with van der Waals surface area (Å²) >= 11 is 0. The summed E-state index contributed by atoms with van der Waals surface area (Å²) in [5.74, 6) is -0.333. The number of hydrogen-bond donors (Lipinski definition) is 2. The molecule has 9 heteroatoms. The molecule has 1 aromatic heterocycles. The van der Waals surface area contributed by atoms with Gasteiger partial charge in [-0.1, -0.05) is 18.2 Å². The van der Waals surface area contributed by atoms with Crippen LogP contribution in [0.5, 0.6) is 5.75 Å². The van der Waals surface area contributed by atoms with Crippen LogP contribution >= 0.6 is 0 Å². The summed E-state index contributed by atoms with van der Waals surface area (Å²) < 4.78 is 21.3. The number of carbonyl (C=O) groups is 3. The summed E-state index contributed by atoms with van der Waals surface area (Å²) in [4.78, 5) is 37.0. The molecule has 0 fully saturated rings. The first-order chi connectivity index (χ1) is 15.5. The third-order valence-corrected chi connectivity index (χ3v) is 4.45. The topological polar surface area (TPSA) is 116 Å². The maximum Gasteiger partial charge on any atom is 0.338 e. The molecule has 2 aromatic rings. The third-order valence-electron chi connectivity index (χ3n) is 4.45. The van der Waals surface area contributed by atoms with Gasteiger partial charge in [-0.25, -0.2) is 14.4 Å². The minimum absolute atomic E-state index is 0.0971. The van der Waals surface area contributed by atoms with Gasteiger partial charge < -0.3 is 29.3 Å². The number of rotatable bonds is 9. The van der Waals surface area contributed by atoms with E-state index in [1.165, 1.54) is 12.3 Å². The Morgan fingerprint density at radius 3 is 2.62 bits per heavy atom. The van der Waals surface area contributed by atoms with Crippen LogP contribution in [0, 0.1) is 0 Å². The van der Waals surface area contributed by atoms with Gasteiger partial charge in [-0.2, -0.15) is 0 Å². The van der Waals surface area contributed by atoms with E-state index in [0.29, 0.717) is 23.7 Å². The van der Waals surface area contributed by atoms with Crippen molar-refractivity contribution in [1.82, 2.24) is 10.6 Å². The number of ether oxygens (including phenoxy) is 3. The molecule has 32 heavy (non-hydrogen) atoms. The standard InChI is InChI=1S/C23H24N2O7/c1-3-29-17-9-6-5-8-15(17)11-12-19(26)32-14-16-20(22(27)30-4-2)21(25-23(28)24-16)18-10-7-13-31-18/h5-13,21H,3-4,14H2,1-2H3,(H2,24,25,28)/b12-11+. The van der Waals surface area contributed by atoms with Crippen molar-refractivity contribution in [2.45, 2.75) is 19.9 Å². The number of nitrogens with one attached hydrogen (secondary N) is 2. The number of furan rings is 1. The molecule has 0 radical (unpaired) electrons. The van der Waals surface area contributed by atoms with Gasteiger partial charge in [0.2, 0.25) is 0 Å². The number of benzene rings is 1. The molecule has 1 aromatic carbocycles. The van der Waals surface area contributed by atoms with Crippen LogP contribution in [-0.4, -0.2) is 37.8 Å².